The summed E-state index contributed by atoms with van der Waals surface area (Å²) in [6.45, 7) is 5.65. The molecule has 0 aliphatic carbocycles. The van der Waals surface area contributed by atoms with Crippen molar-refractivity contribution in [2.75, 3.05) is 0 Å². The highest BCUT2D eigenvalue weighted by Crippen LogP contribution is 2.19. The van der Waals surface area contributed by atoms with E-state index in [-0.39, 0.29) is 0 Å². The Morgan fingerprint density at radius 1 is 1.38 bits per heavy atom. The van der Waals surface area contributed by atoms with Crippen molar-refractivity contribution in [2.45, 2.75) is 33.4 Å². The summed E-state index contributed by atoms with van der Waals surface area (Å²) in [7, 11) is 0. The zero-order valence-corrected chi connectivity index (χ0v) is 10.5. The molecule has 3 nitrogen and oxygen atoms in total. The first-order valence-corrected chi connectivity index (χ1v) is 6.35. The van der Waals surface area contributed by atoms with Crippen molar-refractivity contribution in [3.63, 3.8) is 0 Å². The number of aryl methyl sites for hydroxylation is 2. The quantitative estimate of drug-likeness (QED) is 0.884. The van der Waals surface area contributed by atoms with Crippen molar-refractivity contribution < 1.29 is 0 Å². The van der Waals surface area contributed by atoms with Gasteiger partial charge in [-0.1, -0.05) is 6.92 Å². The number of nitrogens with two attached hydrogens (primary N) is 1. The largest absolute Gasteiger partial charge is 0.326 e. The predicted octanol–water partition coefficient (Wildman–Crippen LogP) is 2.32. The van der Waals surface area contributed by atoms with E-state index in [1.807, 2.05) is 24.5 Å². The average Bonchev–Trinajstić information content (AvgIpc) is 2.88. The van der Waals surface area contributed by atoms with Gasteiger partial charge in [-0.2, -0.15) is 0 Å². The van der Waals surface area contributed by atoms with Gasteiger partial charge in [-0.3, -0.25) is 0 Å². The molecule has 0 fully saturated rings. The minimum absolute atomic E-state index is 0.548. The minimum atomic E-state index is 0.548. The Balaban J connectivity index is 2.22. The van der Waals surface area contributed by atoms with Crippen LogP contribution in [0, 0.1) is 6.92 Å². The lowest BCUT2D eigenvalue weighted by molar-refractivity contribution is 0.721. The number of hydrogen-bond acceptors (Lipinski definition) is 3. The molecule has 16 heavy (non-hydrogen) atoms. The highest BCUT2D eigenvalue weighted by atomic mass is 32.1. The van der Waals surface area contributed by atoms with Crippen LogP contribution in [0.3, 0.4) is 0 Å². The standard InChI is InChI=1S/C12H17N3S/c1-3-11-4-5-12(16-11)8-15-9(2)14-7-10(15)6-13/h4-5,7H,3,6,8,13H2,1-2H3. The summed E-state index contributed by atoms with van der Waals surface area (Å²) in [5.41, 5.74) is 6.79. The zero-order valence-electron chi connectivity index (χ0n) is 9.73. The van der Waals surface area contributed by atoms with Gasteiger partial charge >= 0.3 is 0 Å². The lowest BCUT2D eigenvalue weighted by Gasteiger charge is -2.07. The van der Waals surface area contributed by atoms with Gasteiger partial charge in [0.1, 0.15) is 5.82 Å². The van der Waals surface area contributed by atoms with E-state index >= 15 is 0 Å². The maximum atomic E-state index is 5.69. The van der Waals surface area contributed by atoms with Crippen LogP contribution >= 0.6 is 11.3 Å². The van der Waals surface area contributed by atoms with Crippen molar-refractivity contribution in [1.82, 2.24) is 9.55 Å². The minimum Gasteiger partial charge on any atom is -0.326 e. The molecule has 0 aromatic carbocycles. The molecule has 2 rings (SSSR count). The van der Waals surface area contributed by atoms with Gasteiger partial charge in [0.25, 0.3) is 0 Å². The van der Waals surface area contributed by atoms with Gasteiger partial charge in [-0.05, 0) is 25.5 Å². The number of imidazole rings is 1. The fourth-order valence-electron chi connectivity index (χ4n) is 1.75. The monoisotopic (exact) mass is 235 g/mol. The van der Waals surface area contributed by atoms with E-state index in [4.69, 9.17) is 5.73 Å². The van der Waals surface area contributed by atoms with Crippen LogP contribution in [0.5, 0.6) is 0 Å². The molecule has 0 aliphatic heterocycles. The summed E-state index contributed by atoms with van der Waals surface area (Å²) in [5.74, 6) is 1.03. The first kappa shape index (κ1) is 11.4. The Labute approximate surface area is 99.9 Å². The normalized spacial score (nSPS) is 10.9. The second kappa shape index (κ2) is 4.80. The van der Waals surface area contributed by atoms with Gasteiger partial charge in [0, 0.05) is 22.5 Å². The number of rotatable bonds is 4. The Hall–Kier alpha value is -1.13. The number of aromatic nitrogens is 2. The van der Waals surface area contributed by atoms with Crippen molar-refractivity contribution in [3.05, 3.63) is 39.6 Å². The second-order valence-corrected chi connectivity index (χ2v) is 5.06. The van der Waals surface area contributed by atoms with Gasteiger partial charge in [0.15, 0.2) is 0 Å². The molecular weight excluding hydrogens is 218 g/mol. The number of hydrogen-bond donors (Lipinski definition) is 1. The third kappa shape index (κ3) is 2.18. The molecule has 0 saturated carbocycles. The third-order valence-electron chi connectivity index (χ3n) is 2.73. The SMILES string of the molecule is CCc1ccc(Cn2c(CN)cnc2C)s1. The molecule has 4 heteroatoms. The van der Waals surface area contributed by atoms with Crippen molar-refractivity contribution in [2.24, 2.45) is 5.73 Å². The van der Waals surface area contributed by atoms with E-state index in [9.17, 15) is 0 Å². The van der Waals surface area contributed by atoms with Crippen LogP contribution in [0.1, 0.15) is 28.2 Å². The van der Waals surface area contributed by atoms with Crippen LogP contribution < -0.4 is 5.73 Å². The smallest absolute Gasteiger partial charge is 0.106 e. The molecule has 2 N–H and O–H groups in total. The first-order chi connectivity index (χ1) is 7.74. The molecular formula is C12H17N3S. The lowest BCUT2D eigenvalue weighted by Crippen LogP contribution is -2.08. The summed E-state index contributed by atoms with van der Waals surface area (Å²) in [5, 5.41) is 0. The van der Waals surface area contributed by atoms with Crippen LogP contribution in [0.25, 0.3) is 0 Å². The zero-order chi connectivity index (χ0) is 11.5. The van der Waals surface area contributed by atoms with Crippen LogP contribution in [-0.4, -0.2) is 9.55 Å². The molecule has 0 saturated heterocycles. The van der Waals surface area contributed by atoms with Gasteiger partial charge < -0.3 is 10.3 Å². The highest BCUT2D eigenvalue weighted by molar-refractivity contribution is 7.11. The van der Waals surface area contributed by atoms with E-state index in [0.29, 0.717) is 6.54 Å². The topological polar surface area (TPSA) is 43.8 Å². The summed E-state index contributed by atoms with van der Waals surface area (Å²) in [4.78, 5) is 7.10. The van der Waals surface area contributed by atoms with Crippen molar-refractivity contribution in [1.29, 1.82) is 0 Å². The molecule has 0 radical (unpaired) electrons. The average molecular weight is 235 g/mol. The summed E-state index contributed by atoms with van der Waals surface area (Å²) >= 11 is 1.87. The third-order valence-corrected chi connectivity index (χ3v) is 3.94. The first-order valence-electron chi connectivity index (χ1n) is 5.53. The molecule has 86 valence electrons. The van der Waals surface area contributed by atoms with Crippen LogP contribution in [-0.2, 0) is 19.5 Å². The lowest BCUT2D eigenvalue weighted by atomic mass is 10.3. The molecule has 0 bridgehead atoms. The van der Waals surface area contributed by atoms with E-state index in [2.05, 4.69) is 28.6 Å². The van der Waals surface area contributed by atoms with Crippen LogP contribution in [0.4, 0.5) is 0 Å². The summed E-state index contributed by atoms with van der Waals surface area (Å²) in [6.07, 6.45) is 2.97. The maximum absolute atomic E-state index is 5.69. The van der Waals surface area contributed by atoms with Gasteiger partial charge in [0.2, 0.25) is 0 Å². The molecule has 0 aliphatic rings. The molecule has 0 unspecified atom stereocenters. The Bertz CT molecular complexity index is 470. The van der Waals surface area contributed by atoms with Crippen molar-refractivity contribution >= 4 is 11.3 Å². The molecule has 2 aromatic heterocycles. The molecule has 2 aromatic rings. The highest BCUT2D eigenvalue weighted by Gasteiger charge is 2.07. The van der Waals surface area contributed by atoms with Crippen LogP contribution in [0.15, 0.2) is 18.3 Å². The molecule has 0 spiro atoms. The van der Waals surface area contributed by atoms with E-state index in [1.165, 1.54) is 9.75 Å². The number of thiophene rings is 1. The number of nitrogens with zero attached hydrogens (tertiary/aromatic N) is 2. The summed E-state index contributed by atoms with van der Waals surface area (Å²) in [6, 6.07) is 4.40. The van der Waals surface area contributed by atoms with E-state index in [1.54, 1.807) is 0 Å². The Kier molecular flexibility index (Phi) is 3.41. The predicted molar refractivity (Wildman–Crippen MR) is 67.7 cm³/mol. The summed E-state index contributed by atoms with van der Waals surface area (Å²) < 4.78 is 2.19. The molecule has 2 heterocycles. The van der Waals surface area contributed by atoms with Crippen LogP contribution in [0.2, 0.25) is 0 Å². The van der Waals surface area contributed by atoms with Gasteiger partial charge in [-0.15, -0.1) is 11.3 Å². The van der Waals surface area contributed by atoms with Gasteiger partial charge in [-0.25, -0.2) is 4.98 Å². The molecule has 0 amide bonds. The van der Waals surface area contributed by atoms with Gasteiger partial charge in [0.05, 0.1) is 12.2 Å². The van der Waals surface area contributed by atoms with Crippen molar-refractivity contribution in [3.8, 4) is 0 Å². The molecule has 0 atom stereocenters. The fraction of sp³-hybridized carbons (Fsp3) is 0.417. The maximum Gasteiger partial charge on any atom is 0.106 e. The Morgan fingerprint density at radius 3 is 2.75 bits per heavy atom. The van der Waals surface area contributed by atoms with E-state index < -0.39 is 0 Å². The fourth-order valence-corrected chi connectivity index (χ4v) is 2.69. The van der Waals surface area contributed by atoms with E-state index in [0.717, 1.165) is 24.5 Å². The second-order valence-electron chi connectivity index (χ2n) is 3.81. The Morgan fingerprint density at radius 2 is 2.12 bits per heavy atom.